The lowest BCUT2D eigenvalue weighted by molar-refractivity contribution is -0.144. The van der Waals surface area contributed by atoms with Gasteiger partial charge < -0.3 is 19.1 Å². The van der Waals surface area contributed by atoms with Gasteiger partial charge in [0.1, 0.15) is 11.5 Å². The lowest BCUT2D eigenvalue weighted by Crippen LogP contribution is -2.21. The van der Waals surface area contributed by atoms with Gasteiger partial charge in [-0.25, -0.2) is 9.59 Å². The Bertz CT molecular complexity index is 1970. The number of ether oxygens (including phenoxy) is 3. The Morgan fingerprint density at radius 2 is 1.35 bits per heavy atom. The minimum absolute atomic E-state index is 0.254. The van der Waals surface area contributed by atoms with Crippen molar-refractivity contribution in [2.75, 3.05) is 24.8 Å². The smallest absolute Gasteiger partial charge is 0.343 e. The minimum atomic E-state index is -0.585. The summed E-state index contributed by atoms with van der Waals surface area (Å²) in [4.78, 5) is 26.0. The first-order chi connectivity index (χ1) is 23.4. The molecular formula is C38H35N5O5. The zero-order valence-corrected chi connectivity index (χ0v) is 27.0. The molecule has 242 valence electrons. The van der Waals surface area contributed by atoms with Gasteiger partial charge in [-0.3, -0.25) is 0 Å². The van der Waals surface area contributed by atoms with Crippen molar-refractivity contribution in [1.29, 1.82) is 0 Å². The number of aryl methyl sites for hydroxylation is 1. The number of benzene rings is 5. The average molecular weight is 642 g/mol. The number of hydrogen-bond donors (Lipinski definition) is 0. The van der Waals surface area contributed by atoms with Crippen LogP contribution in [0, 0.1) is 6.92 Å². The second-order valence-corrected chi connectivity index (χ2v) is 10.5. The Hall–Kier alpha value is -6.16. The largest absolute Gasteiger partial charge is 0.457 e. The predicted octanol–water partition coefficient (Wildman–Crippen LogP) is 10.1. The van der Waals surface area contributed by atoms with Gasteiger partial charge in [-0.1, -0.05) is 30.8 Å². The fraction of sp³-hybridized carbons (Fsp3) is 0.158. The number of nitrogens with zero attached hydrogens (tertiary/aromatic N) is 5. The van der Waals surface area contributed by atoms with Gasteiger partial charge in [0.25, 0.3) is 0 Å². The number of carbonyl (C=O) groups excluding carboxylic acids is 2. The molecule has 0 N–H and O–H groups in total. The summed E-state index contributed by atoms with van der Waals surface area (Å²) in [6, 6.07) is 31.0. The van der Waals surface area contributed by atoms with E-state index in [2.05, 4.69) is 64.0 Å². The quantitative estimate of drug-likeness (QED) is 0.0415. The van der Waals surface area contributed by atoms with Gasteiger partial charge in [0.15, 0.2) is 0 Å². The van der Waals surface area contributed by atoms with Crippen molar-refractivity contribution in [3.63, 3.8) is 0 Å². The first-order valence-corrected chi connectivity index (χ1v) is 15.4. The number of hydrogen-bond acceptors (Lipinski definition) is 10. The van der Waals surface area contributed by atoms with Crippen molar-refractivity contribution in [1.82, 2.24) is 0 Å². The van der Waals surface area contributed by atoms with Crippen molar-refractivity contribution < 1.29 is 23.8 Å². The fourth-order valence-electron chi connectivity index (χ4n) is 4.88. The summed E-state index contributed by atoms with van der Waals surface area (Å²) in [6.07, 6.45) is 1.05. The summed E-state index contributed by atoms with van der Waals surface area (Å²) >= 11 is 0. The molecule has 0 aromatic heterocycles. The van der Waals surface area contributed by atoms with Gasteiger partial charge in [-0.05, 0) is 105 Å². The molecule has 0 aliphatic heterocycles. The van der Waals surface area contributed by atoms with Gasteiger partial charge in [0.05, 0.1) is 28.3 Å². The van der Waals surface area contributed by atoms with Crippen molar-refractivity contribution >= 4 is 51.1 Å². The molecule has 0 saturated heterocycles. The van der Waals surface area contributed by atoms with Crippen LogP contribution >= 0.6 is 0 Å². The molecule has 5 aromatic rings. The summed E-state index contributed by atoms with van der Waals surface area (Å²) in [5.41, 5.74) is 5.23. The predicted molar refractivity (Wildman–Crippen MR) is 187 cm³/mol. The normalized spacial score (nSPS) is 11.1. The van der Waals surface area contributed by atoms with Crippen LogP contribution in [0.1, 0.15) is 29.8 Å². The SMILES string of the molecule is C=CC(=O)OCOc1ccc(OC(=O)c2ccc(N=Nc3ccc(N=Nc4ccc(N(CC)CC)c5ccccc45)cc3C)cc2)cc1. The Kier molecular flexibility index (Phi) is 11.0. The highest BCUT2D eigenvalue weighted by Crippen LogP contribution is 2.35. The van der Waals surface area contributed by atoms with E-state index in [9.17, 15) is 9.59 Å². The van der Waals surface area contributed by atoms with Crippen LogP contribution in [0.25, 0.3) is 10.8 Å². The third kappa shape index (κ3) is 8.35. The lowest BCUT2D eigenvalue weighted by Gasteiger charge is -2.23. The number of esters is 2. The van der Waals surface area contributed by atoms with E-state index >= 15 is 0 Å². The molecule has 0 saturated carbocycles. The van der Waals surface area contributed by atoms with Crippen LogP contribution in [0.5, 0.6) is 11.5 Å². The van der Waals surface area contributed by atoms with E-state index in [-0.39, 0.29) is 6.79 Å². The molecule has 0 heterocycles. The number of carbonyl (C=O) groups is 2. The highest BCUT2D eigenvalue weighted by Gasteiger charge is 2.11. The first kappa shape index (κ1) is 33.2. The molecule has 0 radical (unpaired) electrons. The molecular weight excluding hydrogens is 606 g/mol. The average Bonchev–Trinajstić information content (AvgIpc) is 3.12. The number of azo groups is 2. The van der Waals surface area contributed by atoms with E-state index in [0.29, 0.717) is 34.1 Å². The molecule has 0 aliphatic rings. The molecule has 0 aliphatic carbocycles. The third-order valence-electron chi connectivity index (χ3n) is 7.44. The molecule has 5 aromatic carbocycles. The lowest BCUT2D eigenvalue weighted by atomic mass is 10.1. The summed E-state index contributed by atoms with van der Waals surface area (Å²) in [5.74, 6) is -0.334. The van der Waals surface area contributed by atoms with Crippen molar-refractivity contribution in [3.05, 3.63) is 127 Å². The zero-order chi connectivity index (χ0) is 33.9. The number of fused-ring (bicyclic) bond motifs is 1. The van der Waals surface area contributed by atoms with E-state index in [1.165, 1.54) is 5.69 Å². The molecule has 0 amide bonds. The Morgan fingerprint density at radius 3 is 2.04 bits per heavy atom. The Labute approximate surface area is 279 Å². The van der Waals surface area contributed by atoms with Crippen LogP contribution in [0.2, 0.25) is 0 Å². The summed E-state index contributed by atoms with van der Waals surface area (Å²) in [6.45, 7) is 11.2. The van der Waals surface area contributed by atoms with Crippen LogP contribution in [-0.2, 0) is 9.53 Å². The molecule has 48 heavy (non-hydrogen) atoms. The summed E-state index contributed by atoms with van der Waals surface area (Å²) in [5, 5.41) is 20.0. The Morgan fingerprint density at radius 1 is 0.729 bits per heavy atom. The molecule has 0 spiro atoms. The molecule has 5 rings (SSSR count). The topological polar surface area (TPSA) is 115 Å². The van der Waals surface area contributed by atoms with Gasteiger partial charge in [0.2, 0.25) is 6.79 Å². The first-order valence-electron chi connectivity index (χ1n) is 15.4. The van der Waals surface area contributed by atoms with Crippen molar-refractivity contribution in [2.24, 2.45) is 20.5 Å². The van der Waals surface area contributed by atoms with E-state index in [0.717, 1.165) is 41.2 Å². The maximum atomic E-state index is 12.6. The van der Waals surface area contributed by atoms with Crippen LogP contribution in [0.15, 0.2) is 136 Å². The minimum Gasteiger partial charge on any atom is -0.457 e. The fourth-order valence-corrected chi connectivity index (χ4v) is 4.88. The second-order valence-electron chi connectivity index (χ2n) is 10.5. The molecule has 10 nitrogen and oxygen atoms in total. The van der Waals surface area contributed by atoms with E-state index in [1.807, 2.05) is 43.3 Å². The van der Waals surface area contributed by atoms with Gasteiger partial charge >= 0.3 is 11.9 Å². The van der Waals surface area contributed by atoms with Crippen LogP contribution in [-0.4, -0.2) is 31.8 Å². The van der Waals surface area contributed by atoms with E-state index < -0.39 is 11.9 Å². The monoisotopic (exact) mass is 641 g/mol. The van der Waals surface area contributed by atoms with Crippen LogP contribution in [0.3, 0.4) is 0 Å². The second kappa shape index (κ2) is 15.9. The summed E-state index contributed by atoms with van der Waals surface area (Å²) in [7, 11) is 0. The zero-order valence-electron chi connectivity index (χ0n) is 27.0. The standard InChI is InChI=1S/C38H35N5O5/c1-5-37(44)47-25-46-30-17-19-31(20-18-30)48-38(45)27-12-14-28(15-13-27)39-41-34-21-16-29(24-26(34)4)40-42-35-22-23-36(43(6-2)7-3)33-11-9-8-10-32(33)35/h5,8-24H,1,6-7,25H2,2-4H3. The highest BCUT2D eigenvalue weighted by molar-refractivity contribution is 6.01. The third-order valence-corrected chi connectivity index (χ3v) is 7.44. The van der Waals surface area contributed by atoms with Gasteiger partial charge in [-0.15, -0.1) is 5.11 Å². The number of anilines is 1. The molecule has 10 heteroatoms. The highest BCUT2D eigenvalue weighted by atomic mass is 16.7. The van der Waals surface area contributed by atoms with Crippen LogP contribution < -0.4 is 14.4 Å². The summed E-state index contributed by atoms with van der Waals surface area (Å²) < 4.78 is 15.5. The maximum Gasteiger partial charge on any atom is 0.343 e. The van der Waals surface area contributed by atoms with Gasteiger partial charge in [-0.2, -0.15) is 15.3 Å². The molecule has 0 bridgehead atoms. The number of rotatable bonds is 13. The van der Waals surface area contributed by atoms with Gasteiger partial charge in [0, 0.05) is 35.6 Å². The molecule has 0 fully saturated rings. The van der Waals surface area contributed by atoms with Crippen LogP contribution in [0.4, 0.5) is 28.4 Å². The van der Waals surface area contributed by atoms with Crippen molar-refractivity contribution in [2.45, 2.75) is 20.8 Å². The maximum absolute atomic E-state index is 12.6. The molecule has 0 unspecified atom stereocenters. The molecule has 0 atom stereocenters. The Balaban J connectivity index is 1.19. The van der Waals surface area contributed by atoms with Crippen molar-refractivity contribution in [3.8, 4) is 11.5 Å². The van der Waals surface area contributed by atoms with E-state index in [1.54, 1.807) is 48.5 Å². The van der Waals surface area contributed by atoms with E-state index in [4.69, 9.17) is 14.2 Å².